The van der Waals surface area contributed by atoms with Crippen LogP contribution in [0.5, 0.6) is 0 Å². The zero-order valence-electron chi connectivity index (χ0n) is 10.6. The Morgan fingerprint density at radius 2 is 2.00 bits per heavy atom. The highest BCUT2D eigenvalue weighted by Gasteiger charge is 2.38. The van der Waals surface area contributed by atoms with Gasteiger partial charge in [0.2, 0.25) is 0 Å². The largest absolute Gasteiger partial charge is 0.302 e. The van der Waals surface area contributed by atoms with Crippen LogP contribution < -0.4 is 0 Å². The second kappa shape index (κ2) is 4.52. The fourth-order valence-corrected chi connectivity index (χ4v) is 4.32. The van der Waals surface area contributed by atoms with E-state index in [0.29, 0.717) is 0 Å². The van der Waals surface area contributed by atoms with E-state index in [0.717, 1.165) is 17.8 Å². The third kappa shape index (κ3) is 1.95. The van der Waals surface area contributed by atoms with E-state index in [1.807, 2.05) is 5.57 Å². The predicted molar refractivity (Wildman–Crippen MR) is 68.4 cm³/mol. The van der Waals surface area contributed by atoms with Crippen LogP contribution in [0.4, 0.5) is 0 Å². The molecular weight excluding hydrogens is 194 g/mol. The van der Waals surface area contributed by atoms with Crippen LogP contribution in [0.15, 0.2) is 11.6 Å². The van der Waals surface area contributed by atoms with Gasteiger partial charge in [0.25, 0.3) is 0 Å². The molecule has 2 saturated carbocycles. The summed E-state index contributed by atoms with van der Waals surface area (Å²) in [6, 6.07) is 0. The molecule has 3 aliphatic rings. The fourth-order valence-electron chi connectivity index (χ4n) is 4.32. The molecule has 0 aromatic rings. The van der Waals surface area contributed by atoms with Crippen molar-refractivity contribution in [1.29, 1.82) is 0 Å². The van der Waals surface area contributed by atoms with Crippen molar-refractivity contribution >= 4 is 0 Å². The summed E-state index contributed by atoms with van der Waals surface area (Å²) < 4.78 is 0. The van der Waals surface area contributed by atoms with Gasteiger partial charge in [-0.2, -0.15) is 0 Å². The third-order valence-electron chi connectivity index (χ3n) is 5.26. The highest BCUT2D eigenvalue weighted by Crippen LogP contribution is 2.49. The molecule has 1 heteroatoms. The van der Waals surface area contributed by atoms with Crippen LogP contribution in [0.2, 0.25) is 0 Å². The Morgan fingerprint density at radius 1 is 1.12 bits per heavy atom. The first-order chi connectivity index (χ1) is 7.84. The lowest BCUT2D eigenvalue weighted by Gasteiger charge is -2.33. The molecule has 0 spiro atoms. The molecule has 0 bridgehead atoms. The number of likely N-dealkylation sites (N-methyl/N-ethyl adjacent to an activating group) is 1. The molecule has 0 aromatic carbocycles. The fraction of sp³-hybridized carbons (Fsp3) is 0.867. The first kappa shape index (κ1) is 10.8. The van der Waals surface area contributed by atoms with Gasteiger partial charge >= 0.3 is 0 Å². The predicted octanol–water partition coefficient (Wildman–Crippen LogP) is 3.46. The molecular formula is C15H25N. The SMILES string of the molecule is CN1CC=C(C2CCC3CCCCC32)CC1. The van der Waals surface area contributed by atoms with Gasteiger partial charge in [0.15, 0.2) is 0 Å². The minimum atomic E-state index is 0.985. The summed E-state index contributed by atoms with van der Waals surface area (Å²) >= 11 is 0. The normalized spacial score (nSPS) is 40.6. The van der Waals surface area contributed by atoms with Gasteiger partial charge in [-0.15, -0.1) is 0 Å². The van der Waals surface area contributed by atoms with Crippen molar-refractivity contribution in [2.75, 3.05) is 20.1 Å². The molecule has 0 saturated heterocycles. The maximum Gasteiger partial charge on any atom is 0.0163 e. The third-order valence-corrected chi connectivity index (χ3v) is 5.26. The number of fused-ring (bicyclic) bond motifs is 1. The lowest BCUT2D eigenvalue weighted by atomic mass is 9.75. The van der Waals surface area contributed by atoms with Crippen molar-refractivity contribution in [2.45, 2.75) is 44.9 Å². The molecule has 3 unspecified atom stereocenters. The van der Waals surface area contributed by atoms with E-state index in [1.54, 1.807) is 0 Å². The van der Waals surface area contributed by atoms with Gasteiger partial charge in [0.1, 0.15) is 0 Å². The molecule has 90 valence electrons. The Labute approximate surface area is 99.9 Å². The molecule has 0 amide bonds. The van der Waals surface area contributed by atoms with E-state index in [-0.39, 0.29) is 0 Å². The molecule has 1 nitrogen and oxygen atoms in total. The molecule has 3 rings (SSSR count). The van der Waals surface area contributed by atoms with Gasteiger partial charge in [-0.05, 0) is 50.5 Å². The quantitative estimate of drug-likeness (QED) is 0.610. The second-order valence-corrected chi connectivity index (χ2v) is 6.18. The first-order valence-electron chi connectivity index (χ1n) is 7.22. The summed E-state index contributed by atoms with van der Waals surface area (Å²) in [7, 11) is 2.24. The Hall–Kier alpha value is -0.300. The van der Waals surface area contributed by atoms with Gasteiger partial charge in [0, 0.05) is 13.1 Å². The molecule has 2 fully saturated rings. The number of hydrogen-bond donors (Lipinski definition) is 0. The molecule has 16 heavy (non-hydrogen) atoms. The van der Waals surface area contributed by atoms with Gasteiger partial charge in [-0.25, -0.2) is 0 Å². The lowest BCUT2D eigenvalue weighted by Crippen LogP contribution is -2.28. The summed E-state index contributed by atoms with van der Waals surface area (Å²) in [6.45, 7) is 2.49. The standard InChI is InChI=1S/C15H25N/c1-16-10-8-13(9-11-16)15-7-6-12-4-2-3-5-14(12)15/h8,12,14-15H,2-7,9-11H2,1H3. The number of nitrogens with zero attached hydrogens (tertiary/aromatic N) is 1. The summed E-state index contributed by atoms with van der Waals surface area (Å²) in [5.74, 6) is 3.15. The zero-order valence-corrected chi connectivity index (χ0v) is 10.6. The molecule has 0 N–H and O–H groups in total. The Morgan fingerprint density at radius 3 is 2.81 bits per heavy atom. The van der Waals surface area contributed by atoms with Crippen molar-refractivity contribution in [3.8, 4) is 0 Å². The summed E-state index contributed by atoms with van der Waals surface area (Å²) in [4.78, 5) is 2.44. The van der Waals surface area contributed by atoms with Crippen molar-refractivity contribution in [3.05, 3.63) is 11.6 Å². The Bertz CT molecular complexity index is 281. The lowest BCUT2D eigenvalue weighted by molar-refractivity contribution is 0.237. The molecule has 0 radical (unpaired) electrons. The van der Waals surface area contributed by atoms with Crippen LogP contribution in [0.1, 0.15) is 44.9 Å². The van der Waals surface area contributed by atoms with Gasteiger partial charge < -0.3 is 4.90 Å². The van der Waals surface area contributed by atoms with Crippen LogP contribution in [0.3, 0.4) is 0 Å². The van der Waals surface area contributed by atoms with Gasteiger partial charge in [0.05, 0.1) is 0 Å². The van der Waals surface area contributed by atoms with Crippen LogP contribution >= 0.6 is 0 Å². The van der Waals surface area contributed by atoms with Crippen molar-refractivity contribution in [3.63, 3.8) is 0 Å². The minimum absolute atomic E-state index is 0.985. The summed E-state index contributed by atoms with van der Waals surface area (Å²) in [6.07, 6.45) is 13.0. The summed E-state index contributed by atoms with van der Waals surface area (Å²) in [5.41, 5.74) is 1.83. The zero-order chi connectivity index (χ0) is 11.0. The molecule has 1 heterocycles. The average molecular weight is 219 g/mol. The van der Waals surface area contributed by atoms with Gasteiger partial charge in [-0.3, -0.25) is 0 Å². The van der Waals surface area contributed by atoms with Crippen molar-refractivity contribution < 1.29 is 0 Å². The molecule has 0 aromatic heterocycles. The van der Waals surface area contributed by atoms with Crippen LogP contribution in [-0.4, -0.2) is 25.0 Å². The van der Waals surface area contributed by atoms with Crippen molar-refractivity contribution in [1.82, 2.24) is 4.90 Å². The Kier molecular flexibility index (Phi) is 3.06. The monoisotopic (exact) mass is 219 g/mol. The van der Waals surface area contributed by atoms with E-state index >= 15 is 0 Å². The molecule has 1 aliphatic heterocycles. The van der Waals surface area contributed by atoms with E-state index < -0.39 is 0 Å². The minimum Gasteiger partial charge on any atom is -0.302 e. The highest BCUT2D eigenvalue weighted by molar-refractivity contribution is 5.15. The van der Waals surface area contributed by atoms with E-state index in [4.69, 9.17) is 0 Å². The number of rotatable bonds is 1. The van der Waals surface area contributed by atoms with Crippen LogP contribution in [-0.2, 0) is 0 Å². The number of hydrogen-bond acceptors (Lipinski definition) is 1. The molecule has 2 aliphatic carbocycles. The maximum atomic E-state index is 2.55. The van der Waals surface area contributed by atoms with Crippen LogP contribution in [0, 0.1) is 17.8 Å². The maximum absolute atomic E-state index is 2.55. The first-order valence-corrected chi connectivity index (χ1v) is 7.22. The second-order valence-electron chi connectivity index (χ2n) is 6.18. The van der Waals surface area contributed by atoms with Gasteiger partial charge in [-0.1, -0.05) is 30.9 Å². The summed E-state index contributed by atoms with van der Waals surface area (Å²) in [5, 5.41) is 0. The van der Waals surface area contributed by atoms with E-state index in [1.165, 1.54) is 58.0 Å². The Balaban J connectivity index is 1.70. The van der Waals surface area contributed by atoms with Crippen molar-refractivity contribution in [2.24, 2.45) is 17.8 Å². The topological polar surface area (TPSA) is 3.24 Å². The average Bonchev–Trinajstić information content (AvgIpc) is 2.74. The van der Waals surface area contributed by atoms with E-state index in [9.17, 15) is 0 Å². The van der Waals surface area contributed by atoms with E-state index in [2.05, 4.69) is 18.0 Å². The van der Waals surface area contributed by atoms with Crippen LogP contribution in [0.25, 0.3) is 0 Å². The highest BCUT2D eigenvalue weighted by atomic mass is 15.1. The smallest absolute Gasteiger partial charge is 0.0163 e. The molecule has 3 atom stereocenters.